The zero-order valence-corrected chi connectivity index (χ0v) is 11.3. The van der Waals surface area contributed by atoms with E-state index in [1.165, 1.54) is 23.1 Å². The van der Waals surface area contributed by atoms with Crippen LogP contribution in [0.3, 0.4) is 0 Å². The van der Waals surface area contributed by atoms with Gasteiger partial charge in [-0.2, -0.15) is 0 Å². The number of benzene rings is 1. The van der Waals surface area contributed by atoms with Crippen molar-refractivity contribution in [3.05, 3.63) is 23.8 Å². The van der Waals surface area contributed by atoms with Crippen molar-refractivity contribution in [3.8, 4) is 5.75 Å². The van der Waals surface area contributed by atoms with Crippen molar-refractivity contribution in [2.75, 3.05) is 18.9 Å². The van der Waals surface area contributed by atoms with Crippen molar-refractivity contribution in [1.82, 2.24) is 4.90 Å². The first-order valence-electron chi connectivity index (χ1n) is 6.58. The van der Waals surface area contributed by atoms with Crippen molar-refractivity contribution < 1.29 is 19.4 Å². The van der Waals surface area contributed by atoms with Gasteiger partial charge in [-0.1, -0.05) is 0 Å². The predicted octanol–water partition coefficient (Wildman–Crippen LogP) is 1.14. The van der Waals surface area contributed by atoms with Gasteiger partial charge in [-0.3, -0.25) is 9.59 Å². The maximum atomic E-state index is 12.5. The van der Waals surface area contributed by atoms with Gasteiger partial charge in [-0.15, -0.1) is 0 Å². The van der Waals surface area contributed by atoms with E-state index in [-0.39, 0.29) is 42.1 Å². The smallest absolute Gasteiger partial charge is 0.325 e. The van der Waals surface area contributed by atoms with Gasteiger partial charge in [0.2, 0.25) is 0 Å². The lowest BCUT2D eigenvalue weighted by molar-refractivity contribution is -0.144. The Morgan fingerprint density at radius 1 is 1.45 bits per heavy atom. The summed E-state index contributed by atoms with van der Waals surface area (Å²) in [6.45, 7) is 1.90. The summed E-state index contributed by atoms with van der Waals surface area (Å²) in [7, 11) is 0. The highest BCUT2D eigenvalue weighted by Gasteiger charge is 2.35. The zero-order chi connectivity index (χ0) is 14.7. The maximum Gasteiger partial charge on any atom is 0.325 e. The second-order valence-corrected chi connectivity index (χ2v) is 4.74. The Morgan fingerprint density at radius 2 is 2.15 bits per heavy atom. The number of carbonyl (C=O) groups excluding carboxylic acids is 2. The topological polar surface area (TPSA) is 92.9 Å². The van der Waals surface area contributed by atoms with Gasteiger partial charge in [0.05, 0.1) is 12.2 Å². The molecule has 0 heterocycles. The molecule has 6 heteroatoms. The van der Waals surface area contributed by atoms with Crippen LogP contribution in [0.4, 0.5) is 5.69 Å². The molecular formula is C14H18N2O4. The Bertz CT molecular complexity index is 526. The number of carbonyl (C=O) groups is 2. The lowest BCUT2D eigenvalue weighted by Crippen LogP contribution is -2.38. The van der Waals surface area contributed by atoms with E-state index in [1.54, 1.807) is 6.92 Å². The molecule has 20 heavy (non-hydrogen) atoms. The number of rotatable bonds is 5. The number of esters is 1. The molecule has 0 aliphatic heterocycles. The van der Waals surface area contributed by atoms with Crippen LogP contribution in [0.25, 0.3) is 0 Å². The van der Waals surface area contributed by atoms with Crippen LogP contribution in [-0.2, 0) is 9.53 Å². The molecule has 6 nitrogen and oxygen atoms in total. The second-order valence-electron chi connectivity index (χ2n) is 4.74. The number of nitrogens with zero attached hydrogens (tertiary/aromatic N) is 1. The van der Waals surface area contributed by atoms with Crippen molar-refractivity contribution >= 4 is 17.6 Å². The number of anilines is 1. The van der Waals surface area contributed by atoms with Gasteiger partial charge in [0, 0.05) is 11.7 Å². The molecule has 1 fully saturated rings. The van der Waals surface area contributed by atoms with Gasteiger partial charge in [-0.05, 0) is 38.0 Å². The molecule has 108 valence electrons. The van der Waals surface area contributed by atoms with E-state index in [2.05, 4.69) is 0 Å². The highest BCUT2D eigenvalue weighted by molar-refractivity contribution is 6.01. The normalized spacial score (nSPS) is 13.8. The summed E-state index contributed by atoms with van der Waals surface area (Å²) in [6.07, 6.45) is 1.73. The van der Waals surface area contributed by atoms with Crippen LogP contribution >= 0.6 is 0 Å². The number of hydrogen-bond donors (Lipinski definition) is 2. The minimum absolute atomic E-state index is 0.0329. The quantitative estimate of drug-likeness (QED) is 0.478. The lowest BCUT2D eigenvalue weighted by atomic mass is 10.1. The summed E-state index contributed by atoms with van der Waals surface area (Å²) in [6, 6.07) is 4.25. The third-order valence-corrected chi connectivity index (χ3v) is 3.12. The van der Waals surface area contributed by atoms with Crippen molar-refractivity contribution in [2.45, 2.75) is 25.8 Å². The Hall–Kier alpha value is -2.24. The average Bonchev–Trinajstić information content (AvgIpc) is 3.23. The van der Waals surface area contributed by atoms with Gasteiger partial charge in [0.1, 0.15) is 12.3 Å². The molecule has 0 radical (unpaired) electrons. The molecule has 0 atom stereocenters. The Kier molecular flexibility index (Phi) is 4.12. The van der Waals surface area contributed by atoms with Crippen LogP contribution in [0, 0.1) is 0 Å². The second kappa shape index (κ2) is 5.81. The summed E-state index contributed by atoms with van der Waals surface area (Å²) in [4.78, 5) is 25.5. The fourth-order valence-electron chi connectivity index (χ4n) is 1.98. The number of nitrogen functional groups attached to an aromatic ring is 1. The molecule has 1 aliphatic rings. The van der Waals surface area contributed by atoms with Crippen LogP contribution in [0.15, 0.2) is 18.2 Å². The van der Waals surface area contributed by atoms with Gasteiger partial charge >= 0.3 is 5.97 Å². The number of nitrogens with two attached hydrogens (primary N) is 1. The van der Waals surface area contributed by atoms with Crippen LogP contribution in [-0.4, -0.2) is 41.1 Å². The minimum atomic E-state index is -0.438. The molecule has 1 saturated carbocycles. The maximum absolute atomic E-state index is 12.5. The predicted molar refractivity (Wildman–Crippen MR) is 73.2 cm³/mol. The molecule has 1 aromatic carbocycles. The number of phenolic OH excluding ortho intramolecular Hbond substituents is 1. The zero-order valence-electron chi connectivity index (χ0n) is 11.3. The van der Waals surface area contributed by atoms with Crippen molar-refractivity contribution in [3.63, 3.8) is 0 Å². The molecule has 1 aliphatic carbocycles. The minimum Gasteiger partial charge on any atom is -0.508 e. The van der Waals surface area contributed by atoms with Crippen LogP contribution in [0.2, 0.25) is 0 Å². The third kappa shape index (κ3) is 3.20. The van der Waals surface area contributed by atoms with Crippen molar-refractivity contribution in [1.29, 1.82) is 0 Å². The van der Waals surface area contributed by atoms with E-state index in [0.717, 1.165) is 12.8 Å². The Balaban J connectivity index is 2.18. The average molecular weight is 278 g/mol. The molecule has 0 unspecified atom stereocenters. The molecular weight excluding hydrogens is 260 g/mol. The number of amides is 1. The molecule has 1 amide bonds. The van der Waals surface area contributed by atoms with Crippen LogP contribution in [0.1, 0.15) is 30.1 Å². The number of phenols is 1. The van der Waals surface area contributed by atoms with Gasteiger partial charge in [0.25, 0.3) is 5.91 Å². The Labute approximate surface area is 117 Å². The fourth-order valence-corrected chi connectivity index (χ4v) is 1.98. The summed E-state index contributed by atoms with van der Waals surface area (Å²) >= 11 is 0. The first-order valence-corrected chi connectivity index (χ1v) is 6.58. The van der Waals surface area contributed by atoms with E-state index in [0.29, 0.717) is 0 Å². The first-order chi connectivity index (χ1) is 9.52. The number of ether oxygens (including phenoxy) is 1. The van der Waals surface area contributed by atoms with Crippen molar-refractivity contribution in [2.24, 2.45) is 0 Å². The standard InChI is InChI=1S/C14H18N2O4/c1-2-20-13(18)8-16(9-3-4-9)14(19)11-7-10(17)5-6-12(11)15/h5-7,9,17H,2-4,8,15H2,1H3. The lowest BCUT2D eigenvalue weighted by Gasteiger charge is -2.22. The molecule has 0 aromatic heterocycles. The van der Waals surface area contributed by atoms with Gasteiger partial charge in [-0.25, -0.2) is 0 Å². The Morgan fingerprint density at radius 3 is 2.75 bits per heavy atom. The highest BCUT2D eigenvalue weighted by atomic mass is 16.5. The molecule has 2 rings (SSSR count). The largest absolute Gasteiger partial charge is 0.508 e. The van der Waals surface area contributed by atoms with Gasteiger partial charge in [0.15, 0.2) is 0 Å². The fraction of sp³-hybridized carbons (Fsp3) is 0.429. The monoisotopic (exact) mass is 278 g/mol. The summed E-state index contributed by atoms with van der Waals surface area (Å²) in [5.41, 5.74) is 6.25. The SMILES string of the molecule is CCOC(=O)CN(C(=O)c1cc(O)ccc1N)C1CC1. The summed E-state index contributed by atoms with van der Waals surface area (Å²) in [5, 5.41) is 9.47. The van der Waals surface area contributed by atoms with Crippen LogP contribution in [0.5, 0.6) is 5.75 Å². The van der Waals surface area contributed by atoms with E-state index < -0.39 is 5.97 Å². The van der Waals surface area contributed by atoms with Crippen LogP contribution < -0.4 is 5.73 Å². The first kappa shape index (κ1) is 14.2. The molecule has 0 bridgehead atoms. The summed E-state index contributed by atoms with van der Waals surface area (Å²) in [5.74, 6) is -0.824. The highest BCUT2D eigenvalue weighted by Crippen LogP contribution is 2.30. The molecule has 0 saturated heterocycles. The summed E-state index contributed by atoms with van der Waals surface area (Å²) < 4.78 is 4.88. The molecule has 3 N–H and O–H groups in total. The van der Waals surface area contributed by atoms with E-state index in [1.807, 2.05) is 0 Å². The van der Waals surface area contributed by atoms with E-state index in [9.17, 15) is 14.7 Å². The number of aromatic hydroxyl groups is 1. The van der Waals surface area contributed by atoms with E-state index in [4.69, 9.17) is 10.5 Å². The molecule has 0 spiro atoms. The third-order valence-electron chi connectivity index (χ3n) is 3.12. The van der Waals surface area contributed by atoms with E-state index >= 15 is 0 Å². The number of hydrogen-bond acceptors (Lipinski definition) is 5. The van der Waals surface area contributed by atoms with Gasteiger partial charge < -0.3 is 20.5 Å². The molecule has 1 aromatic rings.